The zero-order valence-corrected chi connectivity index (χ0v) is 14.4. The standard InChI is InChI=1S/C18H26N2O3/c1-18(2,3)12-16(21)19-14-6-7-15-13(11-14)5-8-17(22)20(15)9-10-23-4/h6-7,11H,5,8-10,12H2,1-4H3,(H,19,21). The van der Waals surface area contributed by atoms with Crippen LogP contribution in [-0.4, -0.2) is 32.1 Å². The second-order valence-electron chi connectivity index (χ2n) is 7.17. The first kappa shape index (κ1) is 17.5. The minimum Gasteiger partial charge on any atom is -0.383 e. The van der Waals surface area contributed by atoms with Crippen molar-refractivity contribution in [3.05, 3.63) is 23.8 Å². The maximum absolute atomic E-state index is 12.1. The van der Waals surface area contributed by atoms with E-state index in [1.165, 1.54) is 0 Å². The highest BCUT2D eigenvalue weighted by Gasteiger charge is 2.24. The summed E-state index contributed by atoms with van der Waals surface area (Å²) in [4.78, 5) is 25.9. The van der Waals surface area contributed by atoms with Gasteiger partial charge in [0.2, 0.25) is 11.8 Å². The molecule has 0 bridgehead atoms. The van der Waals surface area contributed by atoms with Crippen LogP contribution in [-0.2, 0) is 20.7 Å². The molecule has 0 spiro atoms. The molecule has 0 saturated heterocycles. The van der Waals surface area contributed by atoms with Crippen LogP contribution >= 0.6 is 0 Å². The molecule has 1 aromatic rings. The molecule has 0 atom stereocenters. The van der Waals surface area contributed by atoms with Gasteiger partial charge in [0.05, 0.1) is 6.61 Å². The number of amides is 2. The largest absolute Gasteiger partial charge is 0.383 e. The third-order valence-electron chi connectivity index (χ3n) is 3.77. The number of nitrogens with zero attached hydrogens (tertiary/aromatic N) is 1. The number of rotatable bonds is 5. The molecule has 5 heteroatoms. The number of benzene rings is 1. The highest BCUT2D eigenvalue weighted by molar-refractivity contribution is 5.97. The van der Waals surface area contributed by atoms with Crippen LogP contribution in [0.4, 0.5) is 11.4 Å². The maximum Gasteiger partial charge on any atom is 0.227 e. The van der Waals surface area contributed by atoms with Crippen molar-refractivity contribution in [2.75, 3.05) is 30.5 Å². The third kappa shape index (κ3) is 4.79. The molecule has 2 amide bonds. The summed E-state index contributed by atoms with van der Waals surface area (Å²) in [6.45, 7) is 7.18. The van der Waals surface area contributed by atoms with Crippen molar-refractivity contribution in [3.63, 3.8) is 0 Å². The first-order valence-electron chi connectivity index (χ1n) is 8.02. The molecule has 0 aliphatic carbocycles. The SMILES string of the molecule is COCCN1C(=O)CCc2cc(NC(=O)CC(C)(C)C)ccc21. The molecular formula is C18H26N2O3. The lowest BCUT2D eigenvalue weighted by Gasteiger charge is -2.29. The van der Waals surface area contributed by atoms with E-state index in [1.54, 1.807) is 12.0 Å². The van der Waals surface area contributed by atoms with Crippen LogP contribution < -0.4 is 10.2 Å². The molecule has 0 unspecified atom stereocenters. The van der Waals surface area contributed by atoms with Gasteiger partial charge in [0, 0.05) is 37.9 Å². The third-order valence-corrected chi connectivity index (χ3v) is 3.77. The van der Waals surface area contributed by atoms with E-state index < -0.39 is 0 Å². The van der Waals surface area contributed by atoms with Crippen LogP contribution in [0, 0.1) is 5.41 Å². The lowest BCUT2D eigenvalue weighted by Crippen LogP contribution is -2.37. The van der Waals surface area contributed by atoms with Gasteiger partial charge in [-0.3, -0.25) is 9.59 Å². The van der Waals surface area contributed by atoms with E-state index in [0.717, 1.165) is 16.9 Å². The Morgan fingerprint density at radius 1 is 1.30 bits per heavy atom. The fourth-order valence-electron chi connectivity index (χ4n) is 2.75. The number of nitrogens with one attached hydrogen (secondary N) is 1. The molecule has 0 radical (unpaired) electrons. The molecular weight excluding hydrogens is 292 g/mol. The summed E-state index contributed by atoms with van der Waals surface area (Å²) in [6.07, 6.45) is 1.68. The van der Waals surface area contributed by atoms with E-state index in [2.05, 4.69) is 5.32 Å². The number of carbonyl (C=O) groups excluding carboxylic acids is 2. The molecule has 126 valence electrons. The fourth-order valence-corrected chi connectivity index (χ4v) is 2.75. The number of methoxy groups -OCH3 is 1. The minimum absolute atomic E-state index is 0.0144. The number of aryl methyl sites for hydroxylation is 1. The molecule has 0 saturated carbocycles. The first-order chi connectivity index (χ1) is 10.8. The van der Waals surface area contributed by atoms with Crippen LogP contribution in [0.3, 0.4) is 0 Å². The Morgan fingerprint density at radius 3 is 2.70 bits per heavy atom. The summed E-state index contributed by atoms with van der Waals surface area (Å²) in [7, 11) is 1.63. The summed E-state index contributed by atoms with van der Waals surface area (Å²) >= 11 is 0. The van der Waals surface area contributed by atoms with Crippen LogP contribution in [0.25, 0.3) is 0 Å². The number of hydrogen-bond donors (Lipinski definition) is 1. The van der Waals surface area contributed by atoms with Gasteiger partial charge in [-0.25, -0.2) is 0 Å². The Hall–Kier alpha value is -1.88. The number of ether oxygens (including phenoxy) is 1. The van der Waals surface area contributed by atoms with Crippen molar-refractivity contribution in [1.29, 1.82) is 0 Å². The second kappa shape index (κ2) is 7.13. The number of hydrogen-bond acceptors (Lipinski definition) is 3. The molecule has 1 aliphatic heterocycles. The van der Waals surface area contributed by atoms with Gasteiger partial charge < -0.3 is 15.0 Å². The Bertz CT molecular complexity index is 590. The number of carbonyl (C=O) groups is 2. The highest BCUT2D eigenvalue weighted by Crippen LogP contribution is 2.30. The van der Waals surface area contributed by atoms with E-state index in [4.69, 9.17) is 4.74 Å². The van der Waals surface area contributed by atoms with Crippen LogP contribution in [0.15, 0.2) is 18.2 Å². The van der Waals surface area contributed by atoms with Gasteiger partial charge in [0.1, 0.15) is 0 Å². The van der Waals surface area contributed by atoms with Crippen molar-refractivity contribution in [3.8, 4) is 0 Å². The quantitative estimate of drug-likeness (QED) is 0.908. The predicted molar refractivity (Wildman–Crippen MR) is 91.7 cm³/mol. The maximum atomic E-state index is 12.1. The molecule has 1 heterocycles. The van der Waals surface area contributed by atoms with Gasteiger partial charge in [-0.2, -0.15) is 0 Å². The van der Waals surface area contributed by atoms with E-state index in [1.807, 2.05) is 39.0 Å². The molecule has 0 fully saturated rings. The molecule has 23 heavy (non-hydrogen) atoms. The summed E-state index contributed by atoms with van der Waals surface area (Å²) in [5.74, 6) is 0.139. The average molecular weight is 318 g/mol. The van der Waals surface area contributed by atoms with E-state index in [0.29, 0.717) is 32.4 Å². The minimum atomic E-state index is -0.0400. The highest BCUT2D eigenvalue weighted by atomic mass is 16.5. The Morgan fingerprint density at radius 2 is 2.04 bits per heavy atom. The van der Waals surface area contributed by atoms with E-state index >= 15 is 0 Å². The van der Waals surface area contributed by atoms with Crippen molar-refractivity contribution in [2.45, 2.75) is 40.0 Å². The fraction of sp³-hybridized carbons (Fsp3) is 0.556. The number of anilines is 2. The molecule has 1 aromatic carbocycles. The second-order valence-corrected chi connectivity index (χ2v) is 7.17. The summed E-state index contributed by atoms with van der Waals surface area (Å²) in [5.41, 5.74) is 2.77. The average Bonchev–Trinajstić information content (AvgIpc) is 2.44. The van der Waals surface area contributed by atoms with Crippen LogP contribution in [0.2, 0.25) is 0 Å². The summed E-state index contributed by atoms with van der Waals surface area (Å²) < 4.78 is 5.08. The van der Waals surface area contributed by atoms with Crippen LogP contribution in [0.1, 0.15) is 39.2 Å². The lowest BCUT2D eigenvalue weighted by atomic mass is 9.92. The molecule has 1 N–H and O–H groups in total. The smallest absolute Gasteiger partial charge is 0.227 e. The topological polar surface area (TPSA) is 58.6 Å². The Kier molecular flexibility index (Phi) is 5.42. The number of fused-ring (bicyclic) bond motifs is 1. The van der Waals surface area contributed by atoms with Gasteiger partial charge in [0.25, 0.3) is 0 Å². The predicted octanol–water partition coefficient (Wildman–Crippen LogP) is 2.99. The lowest BCUT2D eigenvalue weighted by molar-refractivity contribution is -0.119. The molecule has 5 nitrogen and oxygen atoms in total. The first-order valence-corrected chi connectivity index (χ1v) is 8.02. The van der Waals surface area contributed by atoms with Gasteiger partial charge in [-0.05, 0) is 35.6 Å². The Labute approximate surface area is 138 Å². The monoisotopic (exact) mass is 318 g/mol. The van der Waals surface area contributed by atoms with Gasteiger partial charge >= 0.3 is 0 Å². The van der Waals surface area contributed by atoms with Crippen molar-refractivity contribution in [1.82, 2.24) is 0 Å². The van der Waals surface area contributed by atoms with Crippen LogP contribution in [0.5, 0.6) is 0 Å². The zero-order valence-electron chi connectivity index (χ0n) is 14.4. The zero-order chi connectivity index (χ0) is 17.0. The van der Waals surface area contributed by atoms with Crippen molar-refractivity contribution in [2.24, 2.45) is 5.41 Å². The van der Waals surface area contributed by atoms with Crippen molar-refractivity contribution >= 4 is 23.2 Å². The molecule has 0 aromatic heterocycles. The van der Waals surface area contributed by atoms with Crippen molar-refractivity contribution < 1.29 is 14.3 Å². The van der Waals surface area contributed by atoms with E-state index in [9.17, 15) is 9.59 Å². The molecule has 2 rings (SSSR count). The van der Waals surface area contributed by atoms with Gasteiger partial charge in [-0.1, -0.05) is 20.8 Å². The van der Waals surface area contributed by atoms with Gasteiger partial charge in [-0.15, -0.1) is 0 Å². The van der Waals surface area contributed by atoms with Gasteiger partial charge in [0.15, 0.2) is 0 Å². The Balaban J connectivity index is 2.13. The van der Waals surface area contributed by atoms with E-state index in [-0.39, 0.29) is 17.2 Å². The summed E-state index contributed by atoms with van der Waals surface area (Å²) in [5, 5.41) is 2.95. The summed E-state index contributed by atoms with van der Waals surface area (Å²) in [6, 6.07) is 5.74. The normalized spacial score (nSPS) is 14.6. The molecule has 1 aliphatic rings.